The lowest BCUT2D eigenvalue weighted by molar-refractivity contribution is 0.189. The van der Waals surface area contributed by atoms with E-state index in [0.717, 1.165) is 21.4 Å². The molecule has 1 aromatic carbocycles. The number of aryl methyl sites for hydroxylation is 1. The number of aliphatic hydroxyl groups is 1. The zero-order valence-electron chi connectivity index (χ0n) is 10.9. The van der Waals surface area contributed by atoms with Crippen molar-refractivity contribution in [3.63, 3.8) is 0 Å². The molecule has 0 saturated heterocycles. The Morgan fingerprint density at radius 3 is 2.79 bits per heavy atom. The van der Waals surface area contributed by atoms with Crippen LogP contribution in [0.15, 0.2) is 40.9 Å². The quantitative estimate of drug-likeness (QED) is 0.931. The summed E-state index contributed by atoms with van der Waals surface area (Å²) in [6, 6.07) is 11.4. The van der Waals surface area contributed by atoms with E-state index < -0.39 is 6.10 Å². The molecular weight excluding hydrogens is 306 g/mol. The summed E-state index contributed by atoms with van der Waals surface area (Å²) in [6.07, 6.45) is -0.571. The highest BCUT2D eigenvalue weighted by atomic mass is 79.9. The van der Waals surface area contributed by atoms with E-state index in [9.17, 15) is 5.11 Å². The molecule has 0 unspecified atom stereocenters. The molecule has 0 amide bonds. The second-order valence-electron chi connectivity index (χ2n) is 4.42. The Kier molecular flexibility index (Phi) is 4.56. The molecule has 0 bridgehead atoms. The molecule has 0 spiro atoms. The van der Waals surface area contributed by atoms with Gasteiger partial charge in [-0.05, 0) is 44.2 Å². The molecule has 1 aromatic heterocycles. The van der Waals surface area contributed by atoms with Gasteiger partial charge in [0.1, 0.15) is 12.4 Å². The third kappa shape index (κ3) is 3.78. The van der Waals surface area contributed by atoms with Crippen LogP contribution >= 0.6 is 15.9 Å². The number of ether oxygens (including phenoxy) is 1. The van der Waals surface area contributed by atoms with E-state index in [2.05, 4.69) is 20.9 Å². The fourth-order valence-electron chi connectivity index (χ4n) is 1.81. The fraction of sp³-hybridized carbons (Fsp3) is 0.267. The SMILES string of the molecule is Cc1cccc(COc2ccc(Br)cc2[C@@H](C)O)n1. The number of benzene rings is 1. The summed E-state index contributed by atoms with van der Waals surface area (Å²) in [6.45, 7) is 4.06. The van der Waals surface area contributed by atoms with Gasteiger partial charge in [-0.15, -0.1) is 0 Å². The van der Waals surface area contributed by atoms with Gasteiger partial charge in [-0.3, -0.25) is 4.98 Å². The third-order valence-corrected chi connectivity index (χ3v) is 3.24. The fourth-order valence-corrected chi connectivity index (χ4v) is 2.19. The van der Waals surface area contributed by atoms with E-state index >= 15 is 0 Å². The van der Waals surface area contributed by atoms with Gasteiger partial charge in [-0.1, -0.05) is 22.0 Å². The molecule has 4 heteroatoms. The second-order valence-corrected chi connectivity index (χ2v) is 5.33. The highest BCUT2D eigenvalue weighted by Gasteiger charge is 2.10. The van der Waals surface area contributed by atoms with E-state index in [1.807, 2.05) is 43.3 Å². The monoisotopic (exact) mass is 321 g/mol. The molecule has 0 radical (unpaired) electrons. The molecule has 1 heterocycles. The lowest BCUT2D eigenvalue weighted by atomic mass is 10.1. The van der Waals surface area contributed by atoms with Crippen LogP contribution in [0.1, 0.15) is 30.0 Å². The van der Waals surface area contributed by atoms with E-state index in [0.29, 0.717) is 12.4 Å². The maximum Gasteiger partial charge on any atom is 0.130 e. The van der Waals surface area contributed by atoms with Crippen LogP contribution in [0.25, 0.3) is 0 Å². The Morgan fingerprint density at radius 2 is 2.11 bits per heavy atom. The standard InChI is InChI=1S/C15H16BrNO2/c1-10-4-3-5-13(17-10)9-19-15-7-6-12(16)8-14(15)11(2)18/h3-8,11,18H,9H2,1-2H3/t11-/m1/s1. The molecule has 1 atom stereocenters. The van der Waals surface area contributed by atoms with Gasteiger partial charge in [0.2, 0.25) is 0 Å². The molecule has 0 aliphatic heterocycles. The van der Waals surface area contributed by atoms with Crippen LogP contribution in [0.3, 0.4) is 0 Å². The van der Waals surface area contributed by atoms with Gasteiger partial charge in [-0.25, -0.2) is 0 Å². The maximum absolute atomic E-state index is 9.75. The van der Waals surface area contributed by atoms with Gasteiger partial charge in [0, 0.05) is 15.7 Å². The van der Waals surface area contributed by atoms with Crippen LogP contribution in [0.5, 0.6) is 5.75 Å². The first-order chi connectivity index (χ1) is 9.06. The number of aromatic nitrogens is 1. The lowest BCUT2D eigenvalue weighted by Gasteiger charge is -2.13. The van der Waals surface area contributed by atoms with Gasteiger partial charge in [0.15, 0.2) is 0 Å². The summed E-state index contributed by atoms with van der Waals surface area (Å²) in [5, 5.41) is 9.75. The molecule has 0 saturated carbocycles. The maximum atomic E-state index is 9.75. The van der Waals surface area contributed by atoms with Crippen LogP contribution in [0, 0.1) is 6.92 Å². The van der Waals surface area contributed by atoms with Crippen molar-refractivity contribution in [1.82, 2.24) is 4.98 Å². The molecule has 19 heavy (non-hydrogen) atoms. The van der Waals surface area contributed by atoms with Gasteiger partial charge in [-0.2, -0.15) is 0 Å². The predicted molar refractivity (Wildman–Crippen MR) is 78.1 cm³/mol. The first-order valence-corrected chi connectivity index (χ1v) is 6.88. The summed E-state index contributed by atoms with van der Waals surface area (Å²) in [5.74, 6) is 0.682. The Morgan fingerprint density at radius 1 is 1.32 bits per heavy atom. The Bertz CT molecular complexity index is 570. The molecule has 1 N–H and O–H groups in total. The number of nitrogens with zero attached hydrogens (tertiary/aromatic N) is 1. The van der Waals surface area contributed by atoms with Gasteiger partial charge in [0.05, 0.1) is 11.8 Å². The van der Waals surface area contributed by atoms with Crippen molar-refractivity contribution in [2.45, 2.75) is 26.6 Å². The van der Waals surface area contributed by atoms with Crippen molar-refractivity contribution in [2.24, 2.45) is 0 Å². The van der Waals surface area contributed by atoms with Crippen molar-refractivity contribution >= 4 is 15.9 Å². The summed E-state index contributed by atoms with van der Waals surface area (Å²) in [7, 11) is 0. The number of hydrogen-bond donors (Lipinski definition) is 1. The molecule has 2 rings (SSSR count). The van der Waals surface area contributed by atoms with Crippen molar-refractivity contribution < 1.29 is 9.84 Å². The molecule has 0 fully saturated rings. The number of hydrogen-bond acceptors (Lipinski definition) is 3. The average molecular weight is 322 g/mol. The molecule has 2 aromatic rings. The molecule has 0 aliphatic carbocycles. The van der Waals surface area contributed by atoms with Gasteiger partial charge in [0.25, 0.3) is 0 Å². The number of rotatable bonds is 4. The predicted octanol–water partition coefficient (Wildman–Crippen LogP) is 3.78. The zero-order valence-corrected chi connectivity index (χ0v) is 12.5. The van der Waals surface area contributed by atoms with Crippen LogP contribution in [0.4, 0.5) is 0 Å². The van der Waals surface area contributed by atoms with Crippen LogP contribution < -0.4 is 4.74 Å². The number of pyridine rings is 1. The Balaban J connectivity index is 2.15. The van der Waals surface area contributed by atoms with Crippen molar-refractivity contribution in [3.05, 3.63) is 57.8 Å². The molecule has 3 nitrogen and oxygen atoms in total. The van der Waals surface area contributed by atoms with Crippen molar-refractivity contribution in [1.29, 1.82) is 0 Å². The molecular formula is C15H16BrNO2. The molecule has 0 aliphatic rings. The summed E-state index contributed by atoms with van der Waals surface area (Å²) >= 11 is 3.39. The van der Waals surface area contributed by atoms with E-state index in [1.54, 1.807) is 6.92 Å². The minimum absolute atomic E-state index is 0.392. The minimum Gasteiger partial charge on any atom is -0.487 e. The Hall–Kier alpha value is -1.39. The van der Waals surface area contributed by atoms with Crippen LogP contribution in [0.2, 0.25) is 0 Å². The van der Waals surface area contributed by atoms with E-state index in [1.165, 1.54) is 0 Å². The number of aliphatic hydroxyl groups excluding tert-OH is 1. The summed E-state index contributed by atoms with van der Waals surface area (Å²) < 4.78 is 6.67. The molecule has 100 valence electrons. The number of halogens is 1. The highest BCUT2D eigenvalue weighted by molar-refractivity contribution is 9.10. The third-order valence-electron chi connectivity index (χ3n) is 2.74. The smallest absolute Gasteiger partial charge is 0.130 e. The van der Waals surface area contributed by atoms with Gasteiger partial charge < -0.3 is 9.84 Å². The van der Waals surface area contributed by atoms with E-state index in [-0.39, 0.29) is 0 Å². The first kappa shape index (κ1) is 14.0. The minimum atomic E-state index is -0.571. The lowest BCUT2D eigenvalue weighted by Crippen LogP contribution is -2.03. The summed E-state index contributed by atoms with van der Waals surface area (Å²) in [4.78, 5) is 4.38. The van der Waals surface area contributed by atoms with E-state index in [4.69, 9.17) is 4.74 Å². The largest absolute Gasteiger partial charge is 0.487 e. The first-order valence-electron chi connectivity index (χ1n) is 6.09. The average Bonchev–Trinajstić information content (AvgIpc) is 2.37. The topological polar surface area (TPSA) is 42.4 Å². The zero-order chi connectivity index (χ0) is 13.8. The summed E-state index contributed by atoms with van der Waals surface area (Å²) in [5.41, 5.74) is 2.61. The van der Waals surface area contributed by atoms with Gasteiger partial charge >= 0.3 is 0 Å². The van der Waals surface area contributed by atoms with Crippen LogP contribution in [-0.4, -0.2) is 10.1 Å². The van der Waals surface area contributed by atoms with Crippen LogP contribution in [-0.2, 0) is 6.61 Å². The normalized spacial score (nSPS) is 12.2. The second kappa shape index (κ2) is 6.17. The highest BCUT2D eigenvalue weighted by Crippen LogP contribution is 2.28. The Labute approximate surface area is 121 Å². The van der Waals surface area contributed by atoms with Crippen molar-refractivity contribution in [2.75, 3.05) is 0 Å². The van der Waals surface area contributed by atoms with Crippen molar-refractivity contribution in [3.8, 4) is 5.75 Å².